The van der Waals surface area contributed by atoms with Crippen LogP contribution < -0.4 is 14.2 Å². The van der Waals surface area contributed by atoms with Gasteiger partial charge in [0.2, 0.25) is 0 Å². The third-order valence-corrected chi connectivity index (χ3v) is 5.42. The lowest BCUT2D eigenvalue weighted by Crippen LogP contribution is -2.09. The van der Waals surface area contributed by atoms with Gasteiger partial charge in [-0.2, -0.15) is 0 Å². The van der Waals surface area contributed by atoms with Crippen molar-refractivity contribution in [3.05, 3.63) is 115 Å². The largest absolute Gasteiger partial charge is 0.423 e. The standard InChI is InChI=1S/C31H24O6/c1-19(2)29(32)35-26-13-15-27(16-14-26)36-31(34)22-7-5-21(6-8-22)23-9-10-25-18-28(12-11-24(25)17-23)37-30(33)20(3)4/h5-18H,1,3H2,2,4H3. The number of carbonyl (C=O) groups is 3. The number of hydrogen-bond acceptors (Lipinski definition) is 6. The van der Waals surface area contributed by atoms with E-state index >= 15 is 0 Å². The van der Waals surface area contributed by atoms with Gasteiger partial charge < -0.3 is 14.2 Å². The molecule has 0 aliphatic rings. The first-order valence-electron chi connectivity index (χ1n) is 11.4. The molecule has 0 amide bonds. The van der Waals surface area contributed by atoms with Gasteiger partial charge in [-0.15, -0.1) is 0 Å². The van der Waals surface area contributed by atoms with Crippen molar-refractivity contribution < 1.29 is 28.6 Å². The Balaban J connectivity index is 1.43. The maximum Gasteiger partial charge on any atom is 0.343 e. The summed E-state index contributed by atoms with van der Waals surface area (Å²) < 4.78 is 15.9. The van der Waals surface area contributed by atoms with Crippen LogP contribution in [0.5, 0.6) is 17.2 Å². The lowest BCUT2D eigenvalue weighted by molar-refractivity contribution is -0.130. The summed E-state index contributed by atoms with van der Waals surface area (Å²) in [5.41, 5.74) is 2.92. The molecule has 0 saturated heterocycles. The molecule has 0 saturated carbocycles. The molecule has 4 rings (SSSR count). The maximum absolute atomic E-state index is 12.6. The second kappa shape index (κ2) is 10.7. The van der Waals surface area contributed by atoms with Crippen LogP contribution in [0.3, 0.4) is 0 Å². The van der Waals surface area contributed by atoms with Gasteiger partial charge >= 0.3 is 17.9 Å². The van der Waals surface area contributed by atoms with Crippen LogP contribution >= 0.6 is 0 Å². The molecule has 184 valence electrons. The molecule has 0 unspecified atom stereocenters. The molecular formula is C31H24O6. The van der Waals surface area contributed by atoms with E-state index < -0.39 is 17.9 Å². The summed E-state index contributed by atoms with van der Waals surface area (Å²) in [5, 5.41) is 1.91. The van der Waals surface area contributed by atoms with Crippen LogP contribution in [0.25, 0.3) is 21.9 Å². The predicted octanol–water partition coefficient (Wildman–Crippen LogP) is 6.69. The van der Waals surface area contributed by atoms with E-state index in [1.165, 1.54) is 0 Å². The van der Waals surface area contributed by atoms with E-state index in [9.17, 15) is 14.4 Å². The van der Waals surface area contributed by atoms with Crippen molar-refractivity contribution in [1.29, 1.82) is 0 Å². The average molecular weight is 493 g/mol. The molecule has 4 aromatic carbocycles. The van der Waals surface area contributed by atoms with E-state index in [1.54, 1.807) is 62.4 Å². The second-order valence-electron chi connectivity index (χ2n) is 8.50. The minimum absolute atomic E-state index is 0.290. The molecule has 4 aromatic rings. The number of carbonyl (C=O) groups excluding carboxylic acids is 3. The number of hydrogen-bond donors (Lipinski definition) is 0. The molecule has 37 heavy (non-hydrogen) atoms. The summed E-state index contributed by atoms with van der Waals surface area (Å²) in [7, 11) is 0. The molecule has 0 radical (unpaired) electrons. The highest BCUT2D eigenvalue weighted by atomic mass is 16.5. The predicted molar refractivity (Wildman–Crippen MR) is 142 cm³/mol. The average Bonchev–Trinajstić information content (AvgIpc) is 2.89. The molecule has 6 nitrogen and oxygen atoms in total. The van der Waals surface area contributed by atoms with Crippen molar-refractivity contribution in [1.82, 2.24) is 0 Å². The summed E-state index contributed by atoms with van der Waals surface area (Å²) in [6, 6.07) is 24.6. The zero-order valence-corrected chi connectivity index (χ0v) is 20.4. The summed E-state index contributed by atoms with van der Waals surface area (Å²) in [5.74, 6) is -0.378. The Morgan fingerprint density at radius 2 is 1.00 bits per heavy atom. The van der Waals surface area contributed by atoms with Gasteiger partial charge in [0, 0.05) is 11.1 Å². The summed E-state index contributed by atoms with van der Waals surface area (Å²) >= 11 is 0. The fraction of sp³-hybridized carbons (Fsp3) is 0.0645. The fourth-order valence-electron chi connectivity index (χ4n) is 3.40. The van der Waals surface area contributed by atoms with Gasteiger partial charge in [0.05, 0.1) is 5.56 Å². The van der Waals surface area contributed by atoms with Crippen molar-refractivity contribution in [2.75, 3.05) is 0 Å². The third-order valence-electron chi connectivity index (χ3n) is 5.42. The monoisotopic (exact) mass is 492 g/mol. The summed E-state index contributed by atoms with van der Waals surface area (Å²) in [4.78, 5) is 35.9. The first-order valence-corrected chi connectivity index (χ1v) is 11.4. The molecule has 0 aromatic heterocycles. The molecule has 0 heterocycles. The van der Waals surface area contributed by atoms with Gasteiger partial charge in [0.25, 0.3) is 0 Å². The van der Waals surface area contributed by atoms with Crippen LogP contribution in [0.15, 0.2) is 109 Å². The topological polar surface area (TPSA) is 78.9 Å². The Kier molecular flexibility index (Phi) is 7.30. The van der Waals surface area contributed by atoms with Crippen LogP contribution in [-0.4, -0.2) is 17.9 Å². The van der Waals surface area contributed by atoms with E-state index in [-0.39, 0.29) is 0 Å². The number of ether oxygens (including phenoxy) is 3. The minimum Gasteiger partial charge on any atom is -0.423 e. The van der Waals surface area contributed by atoms with E-state index in [0.29, 0.717) is 34.0 Å². The normalized spacial score (nSPS) is 10.4. The first kappa shape index (κ1) is 25.1. The van der Waals surface area contributed by atoms with Crippen molar-refractivity contribution in [3.63, 3.8) is 0 Å². The Hall–Kier alpha value is -4.97. The highest BCUT2D eigenvalue weighted by Gasteiger charge is 2.11. The molecule has 0 N–H and O–H groups in total. The lowest BCUT2D eigenvalue weighted by atomic mass is 10.00. The quantitative estimate of drug-likeness (QED) is 0.162. The van der Waals surface area contributed by atoms with Gasteiger partial charge in [-0.3, -0.25) is 0 Å². The summed E-state index contributed by atoms with van der Waals surface area (Å²) in [6.07, 6.45) is 0. The van der Waals surface area contributed by atoms with Gasteiger partial charge in [0.1, 0.15) is 17.2 Å². The second-order valence-corrected chi connectivity index (χ2v) is 8.50. The maximum atomic E-state index is 12.6. The minimum atomic E-state index is -0.523. The molecule has 0 spiro atoms. The van der Waals surface area contributed by atoms with E-state index in [4.69, 9.17) is 14.2 Å². The van der Waals surface area contributed by atoms with Gasteiger partial charge in [-0.1, -0.05) is 43.5 Å². The zero-order chi connectivity index (χ0) is 26.5. The molecule has 6 heteroatoms. The van der Waals surface area contributed by atoms with Gasteiger partial charge in [-0.25, -0.2) is 14.4 Å². The fourth-order valence-corrected chi connectivity index (χ4v) is 3.40. The molecule has 0 bridgehead atoms. The lowest BCUT2D eigenvalue weighted by Gasteiger charge is -2.09. The Morgan fingerprint density at radius 3 is 1.59 bits per heavy atom. The number of fused-ring (bicyclic) bond motifs is 1. The van der Waals surface area contributed by atoms with Crippen molar-refractivity contribution >= 4 is 28.7 Å². The number of rotatable bonds is 7. The van der Waals surface area contributed by atoms with Crippen molar-refractivity contribution in [3.8, 4) is 28.4 Å². The molecule has 0 aliphatic carbocycles. The zero-order valence-electron chi connectivity index (χ0n) is 20.4. The molecular weight excluding hydrogens is 468 g/mol. The summed E-state index contributed by atoms with van der Waals surface area (Å²) in [6.45, 7) is 10.3. The highest BCUT2D eigenvalue weighted by molar-refractivity contribution is 5.93. The van der Waals surface area contributed by atoms with Crippen LogP contribution in [-0.2, 0) is 9.59 Å². The Morgan fingerprint density at radius 1 is 0.541 bits per heavy atom. The van der Waals surface area contributed by atoms with Crippen molar-refractivity contribution in [2.24, 2.45) is 0 Å². The number of benzene rings is 4. The van der Waals surface area contributed by atoms with E-state index in [2.05, 4.69) is 13.2 Å². The van der Waals surface area contributed by atoms with E-state index in [1.807, 2.05) is 36.4 Å². The SMILES string of the molecule is C=C(C)C(=O)Oc1ccc(OC(=O)c2ccc(-c3ccc4cc(OC(=O)C(=C)C)ccc4c3)cc2)cc1. The van der Waals surface area contributed by atoms with Crippen LogP contribution in [0.4, 0.5) is 0 Å². The van der Waals surface area contributed by atoms with Crippen LogP contribution in [0, 0.1) is 0 Å². The first-order chi connectivity index (χ1) is 17.7. The van der Waals surface area contributed by atoms with Gasteiger partial charge in [-0.05, 0) is 90.3 Å². The Labute approximate surface area is 214 Å². The molecule has 0 atom stereocenters. The van der Waals surface area contributed by atoms with Gasteiger partial charge in [0.15, 0.2) is 0 Å². The van der Waals surface area contributed by atoms with Crippen molar-refractivity contribution in [2.45, 2.75) is 13.8 Å². The Bertz CT molecular complexity index is 1530. The smallest absolute Gasteiger partial charge is 0.343 e. The van der Waals surface area contributed by atoms with Crippen LogP contribution in [0.2, 0.25) is 0 Å². The molecule has 0 fully saturated rings. The molecule has 0 aliphatic heterocycles. The number of esters is 3. The third kappa shape index (κ3) is 6.18. The highest BCUT2D eigenvalue weighted by Crippen LogP contribution is 2.28. The van der Waals surface area contributed by atoms with Crippen LogP contribution in [0.1, 0.15) is 24.2 Å². The van der Waals surface area contributed by atoms with E-state index in [0.717, 1.165) is 21.9 Å².